The van der Waals surface area contributed by atoms with E-state index in [2.05, 4.69) is 26.7 Å². The first kappa shape index (κ1) is 19.9. The summed E-state index contributed by atoms with van der Waals surface area (Å²) >= 11 is 5.99. The molecule has 30 heavy (non-hydrogen) atoms. The van der Waals surface area contributed by atoms with Crippen molar-refractivity contribution < 1.29 is 22.5 Å². The van der Waals surface area contributed by atoms with E-state index in [4.69, 9.17) is 20.9 Å². The number of aromatic nitrogens is 2. The molecule has 1 aliphatic rings. The topological polar surface area (TPSA) is 111 Å². The van der Waals surface area contributed by atoms with E-state index in [-0.39, 0.29) is 28.1 Å². The number of carbonyl (C=O) groups excluding carboxylic acids is 1. The number of benzene rings is 1. The van der Waals surface area contributed by atoms with E-state index in [0.29, 0.717) is 16.8 Å². The molecule has 8 nitrogen and oxygen atoms in total. The molecule has 3 aromatic rings. The molecule has 152 valence electrons. The van der Waals surface area contributed by atoms with Crippen molar-refractivity contribution in [3.63, 3.8) is 0 Å². The third-order valence-electron chi connectivity index (χ3n) is 4.42. The highest BCUT2D eigenvalue weighted by molar-refractivity contribution is 7.92. The van der Waals surface area contributed by atoms with Gasteiger partial charge >= 0.3 is 5.97 Å². The van der Waals surface area contributed by atoms with Gasteiger partial charge in [-0.25, -0.2) is 22.9 Å². The van der Waals surface area contributed by atoms with E-state index >= 15 is 0 Å². The average molecular weight is 444 g/mol. The number of nitrogens with zero attached hydrogens (tertiary/aromatic N) is 2. The molecule has 3 heterocycles. The van der Waals surface area contributed by atoms with Gasteiger partial charge in [0.1, 0.15) is 27.9 Å². The van der Waals surface area contributed by atoms with Crippen LogP contribution in [0.15, 0.2) is 39.9 Å². The van der Waals surface area contributed by atoms with Crippen LogP contribution in [0, 0.1) is 25.7 Å². The number of ether oxygens (including phenoxy) is 1. The Morgan fingerprint density at radius 2 is 2.03 bits per heavy atom. The van der Waals surface area contributed by atoms with Crippen LogP contribution in [-0.4, -0.2) is 24.5 Å². The molecule has 0 saturated carbocycles. The van der Waals surface area contributed by atoms with Gasteiger partial charge in [0.15, 0.2) is 0 Å². The standard InChI is InChI=1S/C20H14ClN3O5S/c1-11-8-14-10-28-20(25)15(14)9-13(11)5-6-16-17(4-3-7-22-16)30(26,27)24-19-18(21)12(2)23-29-19/h3-4,7-9,24H,10H2,1-2H3. The molecule has 10 heteroatoms. The third kappa shape index (κ3) is 3.63. The normalized spacial score (nSPS) is 12.7. The Balaban J connectivity index is 1.71. The van der Waals surface area contributed by atoms with Gasteiger partial charge in [0.05, 0.1) is 5.56 Å². The van der Waals surface area contributed by atoms with Gasteiger partial charge in [-0.2, -0.15) is 0 Å². The highest BCUT2D eigenvalue weighted by Gasteiger charge is 2.24. The number of esters is 1. The molecule has 1 N–H and O–H groups in total. The number of carbonyl (C=O) groups is 1. The summed E-state index contributed by atoms with van der Waals surface area (Å²) in [7, 11) is -4.09. The number of sulfonamides is 1. The number of hydrogen-bond acceptors (Lipinski definition) is 7. The van der Waals surface area contributed by atoms with Crippen LogP contribution >= 0.6 is 11.6 Å². The zero-order valence-electron chi connectivity index (χ0n) is 15.8. The number of rotatable bonds is 3. The molecule has 0 unspecified atom stereocenters. The minimum atomic E-state index is -4.09. The second-order valence-electron chi connectivity index (χ2n) is 6.52. The summed E-state index contributed by atoms with van der Waals surface area (Å²) in [5.74, 6) is 5.08. The average Bonchev–Trinajstić information content (AvgIpc) is 3.22. The molecule has 1 aromatic carbocycles. The van der Waals surface area contributed by atoms with Gasteiger partial charge in [0.25, 0.3) is 15.9 Å². The van der Waals surface area contributed by atoms with E-state index in [1.54, 1.807) is 13.0 Å². The fraction of sp³-hybridized carbons (Fsp3) is 0.150. The van der Waals surface area contributed by atoms with Crippen molar-refractivity contribution in [2.75, 3.05) is 4.72 Å². The Morgan fingerprint density at radius 3 is 2.77 bits per heavy atom. The van der Waals surface area contributed by atoms with Crippen molar-refractivity contribution in [1.82, 2.24) is 10.1 Å². The van der Waals surface area contributed by atoms with Crippen molar-refractivity contribution >= 4 is 33.5 Å². The van der Waals surface area contributed by atoms with Gasteiger partial charge in [0, 0.05) is 17.3 Å². The number of pyridine rings is 1. The van der Waals surface area contributed by atoms with Gasteiger partial charge < -0.3 is 9.26 Å². The zero-order valence-corrected chi connectivity index (χ0v) is 17.4. The summed E-state index contributed by atoms with van der Waals surface area (Å²) < 4.78 is 37.9. The lowest BCUT2D eigenvalue weighted by Crippen LogP contribution is -2.15. The lowest BCUT2D eigenvalue weighted by molar-refractivity contribution is 0.0535. The van der Waals surface area contributed by atoms with Gasteiger partial charge in [-0.05, 0) is 43.5 Å². The fourth-order valence-corrected chi connectivity index (χ4v) is 4.14. The van der Waals surface area contributed by atoms with Gasteiger partial charge in [-0.1, -0.05) is 28.7 Å². The number of cyclic esters (lactones) is 1. The van der Waals surface area contributed by atoms with Crippen LogP contribution in [0.4, 0.5) is 5.88 Å². The van der Waals surface area contributed by atoms with Crippen molar-refractivity contribution in [3.8, 4) is 11.8 Å². The van der Waals surface area contributed by atoms with E-state index in [1.165, 1.54) is 18.3 Å². The molecule has 1 aliphatic heterocycles. The fourth-order valence-electron chi connectivity index (χ4n) is 2.86. The van der Waals surface area contributed by atoms with Crippen molar-refractivity contribution in [2.45, 2.75) is 25.3 Å². The van der Waals surface area contributed by atoms with Gasteiger partial charge in [-0.3, -0.25) is 0 Å². The largest absolute Gasteiger partial charge is 0.457 e. The Labute approximate surface area is 177 Å². The number of fused-ring (bicyclic) bond motifs is 1. The monoisotopic (exact) mass is 443 g/mol. The molecule has 2 aromatic heterocycles. The maximum absolute atomic E-state index is 12.8. The van der Waals surface area contributed by atoms with Gasteiger partial charge in [-0.15, -0.1) is 0 Å². The SMILES string of the molecule is Cc1cc2c(cc1C#Cc1ncccc1S(=O)(=O)Nc1onc(C)c1Cl)C(=O)OC2. The Morgan fingerprint density at radius 1 is 1.23 bits per heavy atom. The van der Waals surface area contributed by atoms with Crippen LogP contribution in [0.1, 0.15) is 38.4 Å². The number of nitrogens with one attached hydrogen (secondary N) is 1. The van der Waals surface area contributed by atoms with Crippen LogP contribution in [0.5, 0.6) is 0 Å². The molecule has 0 atom stereocenters. The Hall–Kier alpha value is -3.35. The van der Waals surface area contributed by atoms with Gasteiger partial charge in [0.2, 0.25) is 0 Å². The molecule has 0 saturated heterocycles. The maximum atomic E-state index is 12.8. The summed E-state index contributed by atoms with van der Waals surface area (Å²) in [5.41, 5.74) is 3.04. The lowest BCUT2D eigenvalue weighted by Gasteiger charge is -2.06. The van der Waals surface area contributed by atoms with Crippen molar-refractivity contribution in [2.24, 2.45) is 0 Å². The van der Waals surface area contributed by atoms with Crippen LogP contribution in [0.3, 0.4) is 0 Å². The number of aryl methyl sites for hydroxylation is 2. The predicted octanol–water partition coefficient (Wildman–Crippen LogP) is 3.21. The molecule has 4 rings (SSSR count). The van der Waals surface area contributed by atoms with Crippen molar-refractivity contribution in [1.29, 1.82) is 0 Å². The second-order valence-corrected chi connectivity index (χ2v) is 8.55. The van der Waals surface area contributed by atoms with Crippen LogP contribution < -0.4 is 4.72 Å². The molecule has 0 radical (unpaired) electrons. The first-order valence-corrected chi connectivity index (χ1v) is 10.5. The van der Waals surface area contributed by atoms with Crippen LogP contribution in [-0.2, 0) is 21.4 Å². The maximum Gasteiger partial charge on any atom is 0.338 e. The third-order valence-corrected chi connectivity index (χ3v) is 6.23. The molecule has 0 aliphatic carbocycles. The minimum Gasteiger partial charge on any atom is -0.457 e. The molecule has 0 amide bonds. The zero-order chi connectivity index (χ0) is 21.5. The molecule has 0 bridgehead atoms. The lowest BCUT2D eigenvalue weighted by atomic mass is 10.0. The first-order chi connectivity index (χ1) is 14.3. The molecular weight excluding hydrogens is 430 g/mol. The van der Waals surface area contributed by atoms with E-state index < -0.39 is 16.0 Å². The number of halogens is 1. The van der Waals surface area contributed by atoms with E-state index in [9.17, 15) is 13.2 Å². The Kier molecular flexibility index (Phi) is 4.97. The molecule has 0 fully saturated rings. The minimum absolute atomic E-state index is 0.0276. The first-order valence-electron chi connectivity index (χ1n) is 8.68. The van der Waals surface area contributed by atoms with E-state index in [0.717, 1.165) is 11.1 Å². The summed E-state index contributed by atoms with van der Waals surface area (Å²) in [4.78, 5) is 15.7. The summed E-state index contributed by atoms with van der Waals surface area (Å²) in [6, 6.07) is 6.31. The quantitative estimate of drug-likeness (QED) is 0.488. The predicted molar refractivity (Wildman–Crippen MR) is 108 cm³/mol. The molecule has 0 spiro atoms. The Bertz CT molecular complexity index is 1350. The number of hydrogen-bond donors (Lipinski definition) is 1. The highest BCUT2D eigenvalue weighted by Crippen LogP contribution is 2.28. The summed E-state index contributed by atoms with van der Waals surface area (Å²) in [6.07, 6.45) is 1.43. The number of anilines is 1. The van der Waals surface area contributed by atoms with Crippen molar-refractivity contribution in [3.05, 3.63) is 69.1 Å². The smallest absolute Gasteiger partial charge is 0.338 e. The summed E-state index contributed by atoms with van der Waals surface area (Å²) in [6.45, 7) is 3.67. The second kappa shape index (κ2) is 7.48. The van der Waals surface area contributed by atoms with E-state index in [1.807, 2.05) is 13.0 Å². The summed E-state index contributed by atoms with van der Waals surface area (Å²) in [5, 5.41) is 3.69. The van der Waals surface area contributed by atoms with Crippen LogP contribution in [0.25, 0.3) is 0 Å². The molecular formula is C20H14ClN3O5S. The van der Waals surface area contributed by atoms with Crippen LogP contribution in [0.2, 0.25) is 5.02 Å². The highest BCUT2D eigenvalue weighted by atomic mass is 35.5.